The van der Waals surface area contributed by atoms with Crippen LogP contribution >= 0.6 is 11.8 Å². The number of rotatable bonds is 14. The minimum atomic E-state index is -0.403. The van der Waals surface area contributed by atoms with Gasteiger partial charge in [-0.2, -0.15) is 0 Å². The largest absolute Gasteiger partial charge is 0.445 e. The van der Waals surface area contributed by atoms with Crippen molar-refractivity contribution in [2.45, 2.75) is 85.0 Å². The Balaban J connectivity index is 0. The molecule has 2 rings (SSSR count). The molecule has 2 aromatic carbocycles. The number of nitrogens with zero attached hydrogens (tertiary/aromatic N) is 1. The molecule has 6 nitrogen and oxygen atoms in total. The molecule has 0 bridgehead atoms. The van der Waals surface area contributed by atoms with Gasteiger partial charge in [0.15, 0.2) is 5.62 Å². The number of benzene rings is 2. The SMILES string of the molecule is C=CCOC(=O)N(CNCCC(c1ccccc1)c1ccccc1)CC(CC)SC=O.CC.CC.COC(C)(C)C. The fourth-order valence-electron chi connectivity index (χ4n) is 3.37. The van der Waals surface area contributed by atoms with Crippen LogP contribution in [0.4, 0.5) is 4.79 Å². The van der Waals surface area contributed by atoms with Crippen LogP contribution < -0.4 is 5.32 Å². The maximum absolute atomic E-state index is 12.4. The number of hydrogen-bond acceptors (Lipinski definition) is 6. The van der Waals surface area contributed by atoms with Gasteiger partial charge in [-0.15, -0.1) is 0 Å². The maximum atomic E-state index is 12.4. The number of hydrogen-bond donors (Lipinski definition) is 1. The van der Waals surface area contributed by atoms with Crippen molar-refractivity contribution in [3.8, 4) is 0 Å². The highest BCUT2D eigenvalue weighted by atomic mass is 32.2. The Labute approximate surface area is 255 Å². The zero-order valence-electron chi connectivity index (χ0n) is 27.0. The van der Waals surface area contributed by atoms with Gasteiger partial charge < -0.3 is 9.47 Å². The summed E-state index contributed by atoms with van der Waals surface area (Å²) in [4.78, 5) is 25.0. The topological polar surface area (TPSA) is 67.9 Å². The van der Waals surface area contributed by atoms with Gasteiger partial charge >= 0.3 is 6.09 Å². The summed E-state index contributed by atoms with van der Waals surface area (Å²) >= 11 is 1.21. The van der Waals surface area contributed by atoms with E-state index in [1.165, 1.54) is 22.9 Å². The molecule has 1 unspecified atom stereocenters. The predicted molar refractivity (Wildman–Crippen MR) is 178 cm³/mol. The molecule has 0 aromatic heterocycles. The minimum Gasteiger partial charge on any atom is -0.445 e. The van der Waals surface area contributed by atoms with Crippen LogP contribution in [0.5, 0.6) is 0 Å². The molecule has 1 N–H and O–H groups in total. The van der Waals surface area contributed by atoms with Crippen LogP contribution in [0.15, 0.2) is 73.3 Å². The molecule has 0 aliphatic rings. The monoisotopic (exact) mass is 588 g/mol. The fraction of sp³-hybridized carbons (Fsp3) is 0.529. The second-order valence-electron chi connectivity index (χ2n) is 9.49. The Morgan fingerprint density at radius 1 is 1.00 bits per heavy atom. The van der Waals surface area contributed by atoms with E-state index in [4.69, 9.17) is 9.47 Å². The molecule has 1 amide bonds. The molecule has 0 saturated heterocycles. The summed E-state index contributed by atoms with van der Waals surface area (Å²) in [7, 11) is 1.71. The summed E-state index contributed by atoms with van der Waals surface area (Å²) in [5.41, 5.74) is 3.41. The van der Waals surface area contributed by atoms with Gasteiger partial charge in [-0.25, -0.2) is 4.79 Å². The number of carbonyl (C=O) groups excluding carboxylic acids is 2. The molecule has 41 heavy (non-hydrogen) atoms. The van der Waals surface area contributed by atoms with E-state index in [0.717, 1.165) is 25.0 Å². The van der Waals surface area contributed by atoms with E-state index in [1.54, 1.807) is 18.1 Å². The second-order valence-corrected chi connectivity index (χ2v) is 10.6. The summed E-state index contributed by atoms with van der Waals surface area (Å²) in [6, 6.07) is 20.9. The first kappa shape index (κ1) is 40.5. The zero-order chi connectivity index (χ0) is 31.5. The average molecular weight is 589 g/mol. The lowest BCUT2D eigenvalue weighted by Crippen LogP contribution is -2.43. The summed E-state index contributed by atoms with van der Waals surface area (Å²) in [6.45, 7) is 21.4. The summed E-state index contributed by atoms with van der Waals surface area (Å²) in [5, 5.41) is 3.42. The highest BCUT2D eigenvalue weighted by molar-refractivity contribution is 8.12. The van der Waals surface area contributed by atoms with Gasteiger partial charge in [-0.1, -0.05) is 120 Å². The second kappa shape index (κ2) is 26.3. The van der Waals surface area contributed by atoms with E-state index in [2.05, 4.69) is 60.4 Å². The summed E-state index contributed by atoms with van der Waals surface area (Å²) in [6.07, 6.45) is 2.83. The maximum Gasteiger partial charge on any atom is 0.411 e. The van der Waals surface area contributed by atoms with Crippen LogP contribution in [0.25, 0.3) is 0 Å². The lowest BCUT2D eigenvalue weighted by atomic mass is 9.88. The van der Waals surface area contributed by atoms with Gasteiger partial charge in [0.1, 0.15) is 6.61 Å². The van der Waals surface area contributed by atoms with Crippen molar-refractivity contribution in [3.05, 3.63) is 84.4 Å². The first-order chi connectivity index (χ1) is 19.8. The molecule has 232 valence electrons. The van der Waals surface area contributed by atoms with Crippen LogP contribution in [-0.2, 0) is 14.3 Å². The van der Waals surface area contributed by atoms with E-state index in [-0.39, 0.29) is 23.4 Å². The molecular formula is C34H56N2O4S. The lowest BCUT2D eigenvalue weighted by molar-refractivity contribution is 0.0397. The van der Waals surface area contributed by atoms with Gasteiger partial charge in [-0.05, 0) is 51.3 Å². The van der Waals surface area contributed by atoms with E-state index in [0.29, 0.717) is 13.2 Å². The standard InChI is InChI=1S/C25H32N2O3S.C5H12O.2C2H6/c1-3-17-30-25(29)27(18-23(4-2)31-20-28)19-26-16-15-24(21-11-7-5-8-12-21)22-13-9-6-10-14-22;1-5(2,3)6-4;2*1-2/h3,5-14,20,23-24,26H,1,4,15-19H2,2H3;1-4H3;2*1-2H3. The Hall–Kier alpha value is -2.61. The van der Waals surface area contributed by atoms with E-state index < -0.39 is 6.09 Å². The Bertz CT molecular complexity index is 849. The average Bonchev–Trinajstić information content (AvgIpc) is 3.01. The Kier molecular flexibility index (Phi) is 26.0. The third kappa shape index (κ3) is 20.0. The van der Waals surface area contributed by atoms with Crippen molar-refractivity contribution in [1.82, 2.24) is 10.2 Å². The fourth-order valence-corrected chi connectivity index (χ4v) is 3.99. The third-order valence-electron chi connectivity index (χ3n) is 5.64. The molecule has 0 aliphatic heterocycles. The molecule has 0 heterocycles. The number of methoxy groups -OCH3 is 1. The van der Waals surface area contributed by atoms with Crippen molar-refractivity contribution in [3.63, 3.8) is 0 Å². The molecule has 2 aromatic rings. The van der Waals surface area contributed by atoms with Crippen LogP contribution in [0.1, 0.15) is 85.3 Å². The van der Waals surface area contributed by atoms with E-state index >= 15 is 0 Å². The normalized spacial score (nSPS) is 10.9. The number of amides is 1. The van der Waals surface area contributed by atoms with Gasteiger partial charge in [0.2, 0.25) is 0 Å². The van der Waals surface area contributed by atoms with Gasteiger partial charge in [-0.3, -0.25) is 15.0 Å². The summed E-state index contributed by atoms with van der Waals surface area (Å²) in [5.74, 6) is 0.269. The highest BCUT2D eigenvalue weighted by Crippen LogP contribution is 2.27. The third-order valence-corrected chi connectivity index (χ3v) is 6.62. The van der Waals surface area contributed by atoms with E-state index in [1.807, 2.05) is 67.5 Å². The first-order valence-corrected chi connectivity index (χ1v) is 15.7. The lowest BCUT2D eigenvalue weighted by Gasteiger charge is -2.26. The van der Waals surface area contributed by atoms with Crippen LogP contribution in [0.3, 0.4) is 0 Å². The molecule has 1 atom stereocenters. The first-order valence-electron chi connectivity index (χ1n) is 14.7. The molecular weight excluding hydrogens is 532 g/mol. The van der Waals surface area contributed by atoms with Crippen molar-refractivity contribution in [1.29, 1.82) is 0 Å². The van der Waals surface area contributed by atoms with Gasteiger partial charge in [0.25, 0.3) is 0 Å². The molecule has 0 fully saturated rings. The number of carbonyl (C=O) groups is 2. The molecule has 0 radical (unpaired) electrons. The number of thioether (sulfide) groups is 1. The minimum absolute atomic E-state index is 0.0389. The van der Waals surface area contributed by atoms with Gasteiger partial charge in [0, 0.05) is 24.8 Å². The number of ether oxygens (including phenoxy) is 2. The summed E-state index contributed by atoms with van der Waals surface area (Å²) < 4.78 is 10.2. The molecule has 7 heteroatoms. The molecule has 0 aliphatic carbocycles. The predicted octanol–water partition coefficient (Wildman–Crippen LogP) is 8.57. The quantitative estimate of drug-likeness (QED) is 0.103. The van der Waals surface area contributed by atoms with Crippen molar-refractivity contribution >= 4 is 23.5 Å². The Morgan fingerprint density at radius 3 is 1.88 bits per heavy atom. The molecule has 0 spiro atoms. The van der Waals surface area contributed by atoms with Crippen LogP contribution in [0.2, 0.25) is 0 Å². The van der Waals surface area contributed by atoms with Crippen molar-refractivity contribution < 1.29 is 19.1 Å². The number of nitrogens with one attached hydrogen (secondary N) is 1. The van der Waals surface area contributed by atoms with Crippen molar-refractivity contribution in [2.75, 3.05) is 33.5 Å². The Morgan fingerprint density at radius 2 is 1.49 bits per heavy atom. The van der Waals surface area contributed by atoms with E-state index in [9.17, 15) is 9.59 Å². The molecule has 0 saturated carbocycles. The van der Waals surface area contributed by atoms with Crippen LogP contribution in [0, 0.1) is 0 Å². The van der Waals surface area contributed by atoms with Crippen LogP contribution in [-0.4, -0.2) is 60.9 Å². The smallest absolute Gasteiger partial charge is 0.411 e. The zero-order valence-corrected chi connectivity index (χ0v) is 27.8. The van der Waals surface area contributed by atoms with Crippen molar-refractivity contribution in [2.24, 2.45) is 0 Å². The van der Waals surface area contributed by atoms with Gasteiger partial charge in [0.05, 0.1) is 12.3 Å². The highest BCUT2D eigenvalue weighted by Gasteiger charge is 2.20.